The number of thiocarbonyl (C=S) groups is 1. The molecule has 0 aliphatic carbocycles. The summed E-state index contributed by atoms with van der Waals surface area (Å²) in [6.45, 7) is 1.61. The number of hydrogen-bond acceptors (Lipinski definition) is 10. The van der Waals surface area contributed by atoms with Crippen LogP contribution in [0.2, 0.25) is 0 Å². The summed E-state index contributed by atoms with van der Waals surface area (Å²) in [5.41, 5.74) is 8.05. The van der Waals surface area contributed by atoms with Gasteiger partial charge in [0.2, 0.25) is 5.91 Å². The maximum atomic E-state index is 12.5. The number of amides is 1. The van der Waals surface area contributed by atoms with Crippen LogP contribution in [-0.2, 0) is 19.1 Å². The highest BCUT2D eigenvalue weighted by atomic mass is 32.1. The van der Waals surface area contributed by atoms with E-state index in [9.17, 15) is 9.59 Å². The lowest BCUT2D eigenvalue weighted by molar-refractivity contribution is -0.152. The third-order valence-electron chi connectivity index (χ3n) is 4.60. The number of nitrogens with two attached hydrogens (primary N) is 2. The summed E-state index contributed by atoms with van der Waals surface area (Å²) in [6.07, 6.45) is 1.59. The first-order chi connectivity index (χ1) is 15.2. The summed E-state index contributed by atoms with van der Waals surface area (Å²) >= 11 is 4.91. The Hall–Kier alpha value is -2.66. The molecule has 0 spiro atoms. The van der Waals surface area contributed by atoms with Crippen molar-refractivity contribution in [3.63, 3.8) is 0 Å². The van der Waals surface area contributed by atoms with Gasteiger partial charge in [-0.05, 0) is 42.8 Å². The van der Waals surface area contributed by atoms with Crippen LogP contribution in [0.1, 0.15) is 0 Å². The van der Waals surface area contributed by atoms with Gasteiger partial charge in [0, 0.05) is 30.7 Å². The number of hydrazine groups is 1. The number of carbonyl (C=O) groups is 2. The van der Waals surface area contributed by atoms with Crippen molar-refractivity contribution in [3.8, 4) is 0 Å². The Kier molecular flexibility index (Phi) is 9.92. The molecule has 1 aromatic carbocycles. The molecule has 0 radical (unpaired) electrons. The molecule has 6 N–H and O–H groups in total. The summed E-state index contributed by atoms with van der Waals surface area (Å²) < 4.78 is 9.95. The van der Waals surface area contributed by atoms with Gasteiger partial charge < -0.3 is 35.6 Å². The van der Waals surface area contributed by atoms with Crippen molar-refractivity contribution in [1.29, 1.82) is 0 Å². The number of rotatable bonds is 9. The fourth-order valence-electron chi connectivity index (χ4n) is 2.93. The second kappa shape index (κ2) is 12.4. The molecule has 11 nitrogen and oxygen atoms in total. The van der Waals surface area contributed by atoms with E-state index in [1.807, 2.05) is 23.1 Å². The molecule has 1 atom stereocenters. The molecule has 1 heterocycles. The maximum Gasteiger partial charge on any atom is 0.321 e. The highest BCUT2D eigenvalue weighted by Crippen LogP contribution is 2.22. The van der Waals surface area contributed by atoms with Crippen LogP contribution in [0, 0.1) is 0 Å². The van der Waals surface area contributed by atoms with Gasteiger partial charge in [-0.3, -0.25) is 14.6 Å². The quantitative estimate of drug-likeness (QED) is 0.108. The lowest BCUT2D eigenvalue weighted by atomic mass is 10.2. The van der Waals surface area contributed by atoms with Crippen LogP contribution in [0.3, 0.4) is 0 Å². The Labute approximate surface area is 195 Å². The Bertz CT molecular complexity index is 870. The third-order valence-corrected chi connectivity index (χ3v) is 5.37. The number of piperazine rings is 1. The average molecular weight is 484 g/mol. The zero-order valence-electron chi connectivity index (χ0n) is 18.2. The monoisotopic (exact) mass is 483 g/mol. The van der Waals surface area contributed by atoms with Crippen molar-refractivity contribution in [2.45, 2.75) is 0 Å². The van der Waals surface area contributed by atoms with Gasteiger partial charge in [-0.25, -0.2) is 5.84 Å². The summed E-state index contributed by atoms with van der Waals surface area (Å²) in [5.74, 6) is 5.60. The minimum atomic E-state index is -0.399. The van der Waals surface area contributed by atoms with E-state index in [2.05, 4.69) is 19.9 Å². The molecule has 32 heavy (non-hydrogen) atoms. The molecule has 1 fully saturated rings. The predicted octanol–water partition coefficient (Wildman–Crippen LogP) is -1.44. The first kappa shape index (κ1) is 25.6. The number of esters is 1. The molecule has 1 aliphatic rings. The van der Waals surface area contributed by atoms with Crippen molar-refractivity contribution in [2.24, 2.45) is 11.6 Å². The fraction of sp³-hybridized carbons (Fsp3) is 0.421. The molecule has 13 heteroatoms. The fourth-order valence-corrected chi connectivity index (χ4v) is 3.45. The number of hydrogen-bond donors (Lipinski definition) is 4. The van der Waals surface area contributed by atoms with E-state index in [0.29, 0.717) is 25.3 Å². The summed E-state index contributed by atoms with van der Waals surface area (Å²) in [5, 5.41) is 8.08. The molecule has 1 aromatic rings. The van der Waals surface area contributed by atoms with Crippen molar-refractivity contribution in [3.05, 3.63) is 30.1 Å². The van der Waals surface area contributed by atoms with Gasteiger partial charge in [0.15, 0.2) is 6.73 Å². The molecule has 1 unspecified atom stereocenters. The molecule has 2 rings (SSSR count). The van der Waals surface area contributed by atoms with E-state index < -0.39 is 5.97 Å². The van der Waals surface area contributed by atoms with Crippen LogP contribution in [0.25, 0.3) is 0 Å². The highest BCUT2D eigenvalue weighted by Gasteiger charge is 2.25. The minimum Gasteiger partial charge on any atom is -0.474 e. The zero-order chi connectivity index (χ0) is 23.7. The zero-order valence-corrected chi connectivity index (χ0v) is 20.1. The number of likely N-dealkylation sites (N-methyl/N-ethyl adjacent to an activating group) is 1. The van der Waals surface area contributed by atoms with Crippen molar-refractivity contribution < 1.29 is 19.1 Å². The van der Waals surface area contributed by atoms with Crippen molar-refractivity contribution in [1.82, 2.24) is 15.5 Å². The van der Waals surface area contributed by atoms with Gasteiger partial charge in [0.1, 0.15) is 0 Å². The van der Waals surface area contributed by atoms with Crippen LogP contribution >= 0.6 is 21.5 Å². The molecule has 0 bridgehead atoms. The molecule has 1 aliphatic heterocycles. The van der Waals surface area contributed by atoms with Gasteiger partial charge in [0.05, 0.1) is 32.4 Å². The Balaban J connectivity index is 1.96. The van der Waals surface area contributed by atoms with Gasteiger partial charge >= 0.3 is 5.97 Å². The predicted molar refractivity (Wildman–Crippen MR) is 131 cm³/mol. The Morgan fingerprint density at radius 3 is 2.75 bits per heavy atom. The van der Waals surface area contributed by atoms with Crippen molar-refractivity contribution in [2.75, 3.05) is 63.5 Å². The first-order valence-corrected chi connectivity index (χ1v) is 10.8. The van der Waals surface area contributed by atoms with Crippen LogP contribution in [0.4, 0.5) is 11.4 Å². The van der Waals surface area contributed by atoms with E-state index in [4.69, 9.17) is 33.3 Å². The number of carbonyl (C=O) groups excluding carboxylic acids is 2. The van der Waals surface area contributed by atoms with Crippen LogP contribution in [0.15, 0.2) is 30.1 Å². The second-order valence-corrected chi connectivity index (χ2v) is 7.95. The molecule has 176 valence electrons. The largest absolute Gasteiger partial charge is 0.474 e. The van der Waals surface area contributed by atoms with E-state index in [0.717, 1.165) is 16.7 Å². The SMILES string of the molecule is CNCC(=O)OCN1CCN(c2ccc(N(N)/C=C(\N)CNC(=S)OC)cc2P)CC1=O. The standard InChI is InChI=1S/C19H30N7O4PS/c1-22-9-18(28)30-12-25-6-5-24(11-17(25)27)15-4-3-14(7-16(15)31)26(21)10-13(20)8-23-19(32)29-2/h3-4,7,10,22H,5-6,8-9,11-12,20-21,31H2,1-2H3,(H,23,32)/b13-10-. The maximum absolute atomic E-state index is 12.5. The van der Waals surface area contributed by atoms with Gasteiger partial charge in [0.25, 0.3) is 5.17 Å². The number of nitrogens with zero attached hydrogens (tertiary/aromatic N) is 3. The molecular weight excluding hydrogens is 453 g/mol. The molecule has 0 aromatic heterocycles. The van der Waals surface area contributed by atoms with Gasteiger partial charge in [-0.15, -0.1) is 9.24 Å². The lowest BCUT2D eigenvalue weighted by Crippen LogP contribution is -2.52. The number of nitrogens with one attached hydrogen (secondary N) is 2. The number of methoxy groups -OCH3 is 1. The molecular formula is C19H30N7O4PS. The van der Waals surface area contributed by atoms with E-state index in [1.54, 1.807) is 13.2 Å². The van der Waals surface area contributed by atoms with E-state index in [-0.39, 0.29) is 30.9 Å². The summed E-state index contributed by atoms with van der Waals surface area (Å²) in [7, 11) is 5.79. The highest BCUT2D eigenvalue weighted by molar-refractivity contribution is 7.80. The van der Waals surface area contributed by atoms with Crippen molar-refractivity contribution >= 4 is 55.2 Å². The lowest BCUT2D eigenvalue weighted by Gasteiger charge is -2.36. The van der Waals surface area contributed by atoms with Crippen LogP contribution in [-0.4, -0.2) is 75.6 Å². The molecule has 1 saturated heterocycles. The smallest absolute Gasteiger partial charge is 0.321 e. The normalized spacial score (nSPS) is 14.2. The molecule has 0 saturated carbocycles. The minimum absolute atomic E-state index is 0.0420. The first-order valence-electron chi connectivity index (χ1n) is 9.79. The van der Waals surface area contributed by atoms with Gasteiger partial charge in [-0.2, -0.15) is 0 Å². The summed E-state index contributed by atoms with van der Waals surface area (Å²) in [6, 6.07) is 5.62. The van der Waals surface area contributed by atoms with E-state index >= 15 is 0 Å². The summed E-state index contributed by atoms with van der Waals surface area (Å²) in [4.78, 5) is 27.5. The third kappa shape index (κ3) is 7.49. The Morgan fingerprint density at radius 2 is 2.12 bits per heavy atom. The van der Waals surface area contributed by atoms with Crippen LogP contribution in [0.5, 0.6) is 0 Å². The number of ether oxygens (including phenoxy) is 2. The second-order valence-electron chi connectivity index (χ2n) is 6.95. The molecule has 1 amide bonds. The van der Waals surface area contributed by atoms with Gasteiger partial charge in [-0.1, -0.05) is 0 Å². The van der Waals surface area contributed by atoms with E-state index in [1.165, 1.54) is 17.0 Å². The number of anilines is 2. The average Bonchev–Trinajstić information content (AvgIpc) is 2.76. The van der Waals surface area contributed by atoms with Crippen LogP contribution < -0.4 is 37.4 Å². The Morgan fingerprint density at radius 1 is 1.38 bits per heavy atom. The number of benzene rings is 1. The topological polar surface area (TPSA) is 138 Å².